The molecule has 3 rings (SSSR count). The van der Waals surface area contributed by atoms with Crippen molar-refractivity contribution in [1.29, 1.82) is 0 Å². The zero-order valence-corrected chi connectivity index (χ0v) is 12.3. The molecule has 0 aliphatic carbocycles. The van der Waals surface area contributed by atoms with Gasteiger partial charge in [-0.15, -0.1) is 0 Å². The Hall–Kier alpha value is -2.67. The number of aliphatic hydroxyl groups is 1. The van der Waals surface area contributed by atoms with Crippen molar-refractivity contribution in [2.24, 2.45) is 0 Å². The van der Waals surface area contributed by atoms with Crippen molar-refractivity contribution in [1.82, 2.24) is 4.90 Å². The van der Waals surface area contributed by atoms with E-state index in [0.717, 1.165) is 11.0 Å². The standard InChI is InChI=1S/C17H12F3NO3/c18-14-10(4-3-7-13(14)17(19,20)9-22)8-21-15(23)11-5-1-2-6-12(11)16(21)24/h1-7,22H,8-9H2. The van der Waals surface area contributed by atoms with Crippen LogP contribution in [0.5, 0.6) is 0 Å². The smallest absolute Gasteiger partial charge is 0.298 e. The summed E-state index contributed by atoms with van der Waals surface area (Å²) in [6.07, 6.45) is 0. The highest BCUT2D eigenvalue weighted by Crippen LogP contribution is 2.32. The number of halogens is 3. The molecule has 0 unspecified atom stereocenters. The van der Waals surface area contributed by atoms with Crippen molar-refractivity contribution in [2.75, 3.05) is 6.61 Å². The summed E-state index contributed by atoms with van der Waals surface area (Å²) in [4.78, 5) is 25.3. The minimum Gasteiger partial charge on any atom is -0.390 e. The lowest BCUT2D eigenvalue weighted by Gasteiger charge is -2.19. The van der Waals surface area contributed by atoms with Crippen LogP contribution in [0.15, 0.2) is 42.5 Å². The summed E-state index contributed by atoms with van der Waals surface area (Å²) in [7, 11) is 0. The van der Waals surface area contributed by atoms with E-state index in [9.17, 15) is 22.8 Å². The predicted octanol–water partition coefficient (Wildman–Crippen LogP) is 2.71. The minimum atomic E-state index is -3.75. The molecule has 1 aliphatic rings. The molecule has 0 bridgehead atoms. The molecule has 124 valence electrons. The van der Waals surface area contributed by atoms with E-state index in [-0.39, 0.29) is 16.7 Å². The van der Waals surface area contributed by atoms with Crippen molar-refractivity contribution in [3.05, 3.63) is 70.5 Å². The fourth-order valence-corrected chi connectivity index (χ4v) is 2.62. The van der Waals surface area contributed by atoms with Crippen LogP contribution >= 0.6 is 0 Å². The zero-order valence-electron chi connectivity index (χ0n) is 12.3. The zero-order chi connectivity index (χ0) is 17.5. The Morgan fingerprint density at radius 2 is 1.54 bits per heavy atom. The number of aliphatic hydroxyl groups excluding tert-OH is 1. The van der Waals surface area contributed by atoms with Crippen LogP contribution < -0.4 is 0 Å². The maximum atomic E-state index is 14.4. The number of hydrogen-bond acceptors (Lipinski definition) is 3. The van der Waals surface area contributed by atoms with E-state index in [0.29, 0.717) is 0 Å². The first kappa shape index (κ1) is 16.2. The summed E-state index contributed by atoms with van der Waals surface area (Å²) in [5, 5.41) is 8.71. The third-order valence-electron chi connectivity index (χ3n) is 3.88. The molecule has 1 N–H and O–H groups in total. The van der Waals surface area contributed by atoms with Crippen molar-refractivity contribution >= 4 is 11.8 Å². The Balaban J connectivity index is 1.95. The summed E-state index contributed by atoms with van der Waals surface area (Å²) in [5.41, 5.74) is -0.811. The topological polar surface area (TPSA) is 57.6 Å². The summed E-state index contributed by atoms with van der Waals surface area (Å²) in [6, 6.07) is 9.40. The number of nitrogens with zero attached hydrogens (tertiary/aromatic N) is 1. The van der Waals surface area contributed by atoms with Crippen LogP contribution in [0.25, 0.3) is 0 Å². The summed E-state index contributed by atoms with van der Waals surface area (Å²) in [5.74, 6) is -6.20. The van der Waals surface area contributed by atoms with Gasteiger partial charge >= 0.3 is 0 Å². The minimum absolute atomic E-state index is 0.194. The maximum Gasteiger partial charge on any atom is 0.298 e. The second-order valence-corrected chi connectivity index (χ2v) is 5.38. The molecule has 0 spiro atoms. The van der Waals surface area contributed by atoms with Gasteiger partial charge in [0.15, 0.2) is 0 Å². The number of alkyl halides is 2. The highest BCUT2D eigenvalue weighted by Gasteiger charge is 2.38. The number of carbonyl (C=O) groups is 2. The lowest BCUT2D eigenvalue weighted by molar-refractivity contribution is -0.0584. The Morgan fingerprint density at radius 3 is 2.08 bits per heavy atom. The van der Waals surface area contributed by atoms with Gasteiger partial charge in [-0.1, -0.05) is 24.3 Å². The SMILES string of the molecule is O=C1c2ccccc2C(=O)N1Cc1cccc(C(F)(F)CO)c1F. The van der Waals surface area contributed by atoms with Gasteiger partial charge in [-0.25, -0.2) is 4.39 Å². The van der Waals surface area contributed by atoms with E-state index in [1.165, 1.54) is 24.3 Å². The van der Waals surface area contributed by atoms with Gasteiger partial charge in [-0.3, -0.25) is 14.5 Å². The van der Waals surface area contributed by atoms with E-state index in [1.807, 2.05) is 0 Å². The molecular formula is C17H12F3NO3. The molecule has 0 fully saturated rings. The molecule has 2 aromatic rings. The Kier molecular flexibility index (Phi) is 3.88. The van der Waals surface area contributed by atoms with Crippen LogP contribution in [0.1, 0.15) is 31.8 Å². The van der Waals surface area contributed by atoms with Crippen molar-refractivity contribution < 1.29 is 27.9 Å². The second-order valence-electron chi connectivity index (χ2n) is 5.38. The van der Waals surface area contributed by atoms with E-state index >= 15 is 0 Å². The number of rotatable bonds is 4. The van der Waals surface area contributed by atoms with E-state index < -0.39 is 42.3 Å². The fourth-order valence-electron chi connectivity index (χ4n) is 2.62. The quantitative estimate of drug-likeness (QED) is 0.874. The molecule has 7 heteroatoms. The van der Waals surface area contributed by atoms with Gasteiger partial charge in [0.2, 0.25) is 0 Å². The predicted molar refractivity (Wildman–Crippen MR) is 78.0 cm³/mol. The van der Waals surface area contributed by atoms with Gasteiger partial charge in [0.1, 0.15) is 12.4 Å². The van der Waals surface area contributed by atoms with E-state index in [4.69, 9.17) is 5.11 Å². The molecule has 0 radical (unpaired) electrons. The average Bonchev–Trinajstić information content (AvgIpc) is 2.82. The van der Waals surface area contributed by atoms with Crippen LogP contribution in [0, 0.1) is 5.82 Å². The molecule has 24 heavy (non-hydrogen) atoms. The Labute approximate surface area is 135 Å². The molecule has 1 heterocycles. The molecule has 0 aromatic heterocycles. The third kappa shape index (κ3) is 2.46. The van der Waals surface area contributed by atoms with Gasteiger partial charge in [-0.05, 0) is 18.2 Å². The van der Waals surface area contributed by atoms with Crippen LogP contribution in [0.3, 0.4) is 0 Å². The number of carbonyl (C=O) groups excluding carboxylic acids is 2. The number of benzene rings is 2. The molecule has 4 nitrogen and oxygen atoms in total. The highest BCUT2D eigenvalue weighted by atomic mass is 19.3. The lowest BCUT2D eigenvalue weighted by atomic mass is 10.0. The van der Waals surface area contributed by atoms with Crippen molar-refractivity contribution in [2.45, 2.75) is 12.5 Å². The summed E-state index contributed by atoms with van der Waals surface area (Å²) < 4.78 is 41.5. The van der Waals surface area contributed by atoms with Crippen LogP contribution in [-0.2, 0) is 12.5 Å². The van der Waals surface area contributed by atoms with Gasteiger partial charge < -0.3 is 5.11 Å². The first-order valence-corrected chi connectivity index (χ1v) is 7.08. The number of imide groups is 1. The summed E-state index contributed by atoms with van der Waals surface area (Å²) >= 11 is 0. The largest absolute Gasteiger partial charge is 0.390 e. The van der Waals surface area contributed by atoms with Gasteiger partial charge in [0.05, 0.1) is 23.2 Å². The number of amides is 2. The molecule has 1 aliphatic heterocycles. The average molecular weight is 335 g/mol. The van der Waals surface area contributed by atoms with Crippen LogP contribution in [-0.4, -0.2) is 28.4 Å². The van der Waals surface area contributed by atoms with Gasteiger partial charge in [0, 0.05) is 5.56 Å². The normalized spacial score (nSPS) is 14.2. The molecule has 2 amide bonds. The Bertz CT molecular complexity index is 801. The summed E-state index contributed by atoms with van der Waals surface area (Å²) in [6.45, 7) is -2.01. The van der Waals surface area contributed by atoms with Crippen LogP contribution in [0.4, 0.5) is 13.2 Å². The van der Waals surface area contributed by atoms with Crippen molar-refractivity contribution in [3.63, 3.8) is 0 Å². The Morgan fingerprint density at radius 1 is 0.958 bits per heavy atom. The van der Waals surface area contributed by atoms with Crippen LogP contribution in [0.2, 0.25) is 0 Å². The second kappa shape index (κ2) is 5.76. The maximum absolute atomic E-state index is 14.4. The number of hydrogen-bond donors (Lipinski definition) is 1. The lowest BCUT2D eigenvalue weighted by Crippen LogP contribution is -2.30. The van der Waals surface area contributed by atoms with E-state index in [1.54, 1.807) is 12.1 Å². The fraction of sp³-hybridized carbons (Fsp3) is 0.176. The molecule has 0 saturated carbocycles. The van der Waals surface area contributed by atoms with Crippen molar-refractivity contribution in [3.8, 4) is 0 Å². The first-order valence-electron chi connectivity index (χ1n) is 7.08. The highest BCUT2D eigenvalue weighted by molar-refractivity contribution is 6.21. The molecule has 2 aromatic carbocycles. The molecule has 0 saturated heterocycles. The van der Waals surface area contributed by atoms with E-state index in [2.05, 4.69) is 0 Å². The third-order valence-corrected chi connectivity index (χ3v) is 3.88. The van der Waals surface area contributed by atoms with Gasteiger partial charge in [-0.2, -0.15) is 8.78 Å². The first-order chi connectivity index (χ1) is 11.4. The monoisotopic (exact) mass is 335 g/mol. The number of fused-ring (bicyclic) bond motifs is 1. The molecule has 0 atom stereocenters. The van der Waals surface area contributed by atoms with Gasteiger partial charge in [0.25, 0.3) is 17.7 Å². The molecular weight excluding hydrogens is 323 g/mol.